The molecule has 2 N–H and O–H groups in total. The third kappa shape index (κ3) is 7.59. The summed E-state index contributed by atoms with van der Waals surface area (Å²) >= 11 is 1.56. The Morgan fingerprint density at radius 1 is 1.24 bits per heavy atom. The largest absolute Gasteiger partial charge is 0.457 e. The molecule has 0 aromatic carbocycles. The molecule has 0 amide bonds. The molecule has 2 rings (SSSR count). The molecule has 0 spiro atoms. The van der Waals surface area contributed by atoms with Crippen molar-refractivity contribution in [3.05, 3.63) is 33.8 Å². The Bertz CT molecular complexity index is 872. The standard InChI is InChI=1S/C26H39NO5S/c1-16-11-9-7-8-10-12-22(17(2)13-20-15-33-19(4)27-20)32-25(31)18(3)24(30)26(5,6)23(29)14-21(16)28/h8,10,13,15-16,18,21-22,24,28,30H,7,9,11-12,14H2,1-6H3/b10-8-,17-13+/t16-,18?,21+,22-,24-/m0/s1. The van der Waals surface area contributed by atoms with E-state index in [-0.39, 0.29) is 18.1 Å². The highest BCUT2D eigenvalue weighted by Gasteiger charge is 2.42. The number of nitrogens with zero attached hydrogens (tertiary/aromatic N) is 1. The van der Waals surface area contributed by atoms with E-state index >= 15 is 0 Å². The maximum Gasteiger partial charge on any atom is 0.311 e. The molecule has 0 saturated heterocycles. The van der Waals surface area contributed by atoms with E-state index in [0.29, 0.717) is 6.42 Å². The third-order valence-electron chi connectivity index (χ3n) is 6.68. The molecule has 7 heteroatoms. The number of thiazole rings is 1. The number of ketones is 1. The number of hydrogen-bond acceptors (Lipinski definition) is 7. The predicted molar refractivity (Wildman–Crippen MR) is 132 cm³/mol. The number of aliphatic hydroxyl groups is 2. The predicted octanol–water partition coefficient (Wildman–Crippen LogP) is 4.88. The zero-order valence-electron chi connectivity index (χ0n) is 20.7. The second-order valence-corrected chi connectivity index (χ2v) is 10.9. The number of hydrogen-bond donors (Lipinski definition) is 2. The number of esters is 1. The quantitative estimate of drug-likeness (QED) is 0.466. The molecule has 5 atom stereocenters. The highest BCUT2D eigenvalue weighted by atomic mass is 32.1. The second kappa shape index (κ2) is 12.0. The summed E-state index contributed by atoms with van der Waals surface area (Å²) in [5.74, 6) is -1.73. The van der Waals surface area contributed by atoms with Gasteiger partial charge in [-0.05, 0) is 57.6 Å². The molecule has 1 aliphatic rings. The van der Waals surface area contributed by atoms with E-state index < -0.39 is 35.6 Å². The van der Waals surface area contributed by atoms with Crippen LogP contribution >= 0.6 is 11.3 Å². The first-order chi connectivity index (χ1) is 15.4. The number of aryl methyl sites for hydroxylation is 1. The van der Waals surface area contributed by atoms with Crippen LogP contribution in [0.15, 0.2) is 23.1 Å². The van der Waals surface area contributed by atoms with Crippen molar-refractivity contribution in [3.8, 4) is 0 Å². The van der Waals surface area contributed by atoms with E-state index in [2.05, 4.69) is 11.1 Å². The van der Waals surface area contributed by atoms with Crippen LogP contribution < -0.4 is 0 Å². The first kappa shape index (κ1) is 27.4. The van der Waals surface area contributed by atoms with Gasteiger partial charge in [0, 0.05) is 18.2 Å². The summed E-state index contributed by atoms with van der Waals surface area (Å²) in [4.78, 5) is 30.4. The van der Waals surface area contributed by atoms with Gasteiger partial charge >= 0.3 is 5.97 Å². The minimum Gasteiger partial charge on any atom is -0.457 e. The smallest absolute Gasteiger partial charge is 0.311 e. The van der Waals surface area contributed by atoms with Crippen molar-refractivity contribution in [2.45, 2.75) is 92.0 Å². The van der Waals surface area contributed by atoms with Crippen molar-refractivity contribution >= 4 is 29.2 Å². The molecule has 1 aromatic heterocycles. The molecule has 0 radical (unpaired) electrons. The van der Waals surface area contributed by atoms with E-state index in [9.17, 15) is 19.8 Å². The zero-order chi connectivity index (χ0) is 24.8. The molecule has 6 nitrogen and oxygen atoms in total. The number of ether oxygens (including phenoxy) is 1. The Morgan fingerprint density at radius 3 is 2.58 bits per heavy atom. The average Bonchev–Trinajstić information content (AvgIpc) is 3.17. The summed E-state index contributed by atoms with van der Waals surface area (Å²) < 4.78 is 5.84. The Morgan fingerprint density at radius 2 is 1.94 bits per heavy atom. The fourth-order valence-corrected chi connectivity index (χ4v) is 4.58. The third-order valence-corrected chi connectivity index (χ3v) is 7.47. The van der Waals surface area contributed by atoms with E-state index in [4.69, 9.17) is 4.74 Å². The molecule has 2 heterocycles. The molecule has 1 aromatic rings. The van der Waals surface area contributed by atoms with E-state index in [1.54, 1.807) is 32.1 Å². The SMILES string of the molecule is C/C(=C\c1csc(C)n1)[C@@H]1C/C=C\CCC[C@H](C)[C@H](O)CC(=O)C(C)(C)[C@@H](O)C(C)C(=O)O1. The van der Waals surface area contributed by atoms with Gasteiger partial charge in [-0.1, -0.05) is 32.9 Å². The number of aromatic nitrogens is 1. The van der Waals surface area contributed by atoms with E-state index in [0.717, 1.165) is 35.5 Å². The van der Waals surface area contributed by atoms with Crippen molar-refractivity contribution in [3.63, 3.8) is 0 Å². The number of carbonyl (C=O) groups is 2. The first-order valence-corrected chi connectivity index (χ1v) is 12.7. The summed E-state index contributed by atoms with van der Waals surface area (Å²) in [5.41, 5.74) is 0.511. The molecular formula is C26H39NO5S. The number of carbonyl (C=O) groups excluding carboxylic acids is 2. The van der Waals surface area contributed by atoms with Crippen molar-refractivity contribution in [2.75, 3.05) is 0 Å². The molecule has 184 valence electrons. The van der Waals surface area contributed by atoms with Crippen LogP contribution in [0.1, 0.15) is 77.4 Å². The fraction of sp³-hybridized carbons (Fsp3) is 0.654. The normalized spacial score (nSPS) is 31.8. The van der Waals surface area contributed by atoms with Gasteiger partial charge in [-0.25, -0.2) is 4.98 Å². The Hall–Kier alpha value is -1.83. The highest BCUT2D eigenvalue weighted by Crippen LogP contribution is 2.32. The lowest BCUT2D eigenvalue weighted by Crippen LogP contribution is -2.45. The maximum absolute atomic E-state index is 13.0. The van der Waals surface area contributed by atoms with Crippen molar-refractivity contribution in [1.29, 1.82) is 0 Å². The minimum atomic E-state index is -1.23. The Kier molecular flexibility index (Phi) is 10.0. The molecule has 0 fully saturated rings. The number of aliphatic hydroxyl groups excluding tert-OH is 2. The van der Waals surface area contributed by atoms with Crippen LogP contribution in [0.3, 0.4) is 0 Å². The molecule has 1 unspecified atom stereocenters. The number of cyclic esters (lactones) is 1. The molecule has 0 aliphatic carbocycles. The van der Waals surface area contributed by atoms with Gasteiger partial charge in [0.15, 0.2) is 0 Å². The van der Waals surface area contributed by atoms with Gasteiger partial charge in [-0.15, -0.1) is 11.3 Å². The Balaban J connectivity index is 2.30. The van der Waals surface area contributed by atoms with Crippen LogP contribution in [0, 0.1) is 24.2 Å². The van der Waals surface area contributed by atoms with E-state index in [1.807, 2.05) is 38.3 Å². The van der Waals surface area contributed by atoms with Crippen LogP contribution in [0.5, 0.6) is 0 Å². The number of Topliss-reactive ketones (excluding diaryl/α,β-unsaturated/α-hetero) is 1. The minimum absolute atomic E-state index is 0.0231. The lowest BCUT2D eigenvalue weighted by Gasteiger charge is -2.34. The van der Waals surface area contributed by atoms with Crippen molar-refractivity contribution in [1.82, 2.24) is 4.98 Å². The first-order valence-electron chi connectivity index (χ1n) is 11.8. The van der Waals surface area contributed by atoms with Gasteiger partial charge in [0.25, 0.3) is 0 Å². The number of rotatable bonds is 2. The van der Waals surface area contributed by atoms with E-state index in [1.165, 1.54) is 0 Å². The van der Waals surface area contributed by atoms with Gasteiger partial charge in [0.2, 0.25) is 0 Å². The lowest BCUT2D eigenvalue weighted by atomic mass is 9.74. The van der Waals surface area contributed by atoms with Crippen LogP contribution in [-0.4, -0.2) is 45.3 Å². The summed E-state index contributed by atoms with van der Waals surface area (Å²) in [7, 11) is 0. The summed E-state index contributed by atoms with van der Waals surface area (Å²) in [6.07, 6.45) is 6.54. The lowest BCUT2D eigenvalue weighted by molar-refractivity contribution is -0.160. The molecule has 0 saturated carbocycles. The Labute approximate surface area is 201 Å². The fourth-order valence-electron chi connectivity index (χ4n) is 4.01. The number of allylic oxidation sites excluding steroid dienone is 1. The monoisotopic (exact) mass is 477 g/mol. The van der Waals surface area contributed by atoms with Gasteiger partial charge in [0.05, 0.1) is 34.2 Å². The zero-order valence-corrected chi connectivity index (χ0v) is 21.5. The van der Waals surface area contributed by atoms with Gasteiger partial charge < -0.3 is 14.9 Å². The van der Waals surface area contributed by atoms with Crippen molar-refractivity contribution in [2.24, 2.45) is 17.3 Å². The summed E-state index contributed by atoms with van der Waals surface area (Å²) in [5, 5.41) is 24.3. The second-order valence-electron chi connectivity index (χ2n) is 9.87. The van der Waals surface area contributed by atoms with Crippen LogP contribution in [0.4, 0.5) is 0 Å². The molecule has 0 bridgehead atoms. The van der Waals surface area contributed by atoms with Gasteiger partial charge in [0.1, 0.15) is 11.9 Å². The summed E-state index contributed by atoms with van der Waals surface area (Å²) in [6, 6.07) is 0. The molecular weight excluding hydrogens is 438 g/mol. The van der Waals surface area contributed by atoms with Gasteiger partial charge in [-0.3, -0.25) is 9.59 Å². The van der Waals surface area contributed by atoms with Crippen LogP contribution in [-0.2, 0) is 14.3 Å². The molecule has 1 aliphatic heterocycles. The van der Waals surface area contributed by atoms with Crippen molar-refractivity contribution < 1.29 is 24.5 Å². The highest BCUT2D eigenvalue weighted by molar-refractivity contribution is 7.09. The average molecular weight is 478 g/mol. The maximum atomic E-state index is 13.0. The topological polar surface area (TPSA) is 96.7 Å². The molecule has 33 heavy (non-hydrogen) atoms. The van der Waals surface area contributed by atoms with Crippen LogP contribution in [0.25, 0.3) is 6.08 Å². The van der Waals surface area contributed by atoms with Gasteiger partial charge in [-0.2, -0.15) is 0 Å². The summed E-state index contributed by atoms with van der Waals surface area (Å²) in [6.45, 7) is 10.6. The van der Waals surface area contributed by atoms with Crippen LogP contribution in [0.2, 0.25) is 0 Å².